The van der Waals surface area contributed by atoms with Crippen molar-refractivity contribution in [3.8, 4) is 17.6 Å². The van der Waals surface area contributed by atoms with Gasteiger partial charge in [-0.05, 0) is 44.0 Å². The first kappa shape index (κ1) is 15.6. The summed E-state index contributed by atoms with van der Waals surface area (Å²) in [5.41, 5.74) is 15.0. The lowest BCUT2D eigenvalue weighted by molar-refractivity contribution is 0.414. The van der Waals surface area contributed by atoms with Gasteiger partial charge in [0.1, 0.15) is 11.6 Å². The second-order valence-corrected chi connectivity index (χ2v) is 5.20. The second kappa shape index (κ2) is 6.35. The highest BCUT2D eigenvalue weighted by Gasteiger charge is 2.07. The predicted octanol–water partition coefficient (Wildman–Crippen LogP) is 2.42. The lowest BCUT2D eigenvalue weighted by Crippen LogP contribution is -2.05. The molecule has 0 aliphatic carbocycles. The van der Waals surface area contributed by atoms with Crippen molar-refractivity contribution in [1.82, 2.24) is 9.97 Å². The van der Waals surface area contributed by atoms with Crippen LogP contribution in [0.3, 0.4) is 0 Å². The Morgan fingerprint density at radius 2 is 1.86 bits per heavy atom. The van der Waals surface area contributed by atoms with Gasteiger partial charge in [-0.3, -0.25) is 0 Å². The molecular formula is C17H20N4O. The first-order valence-electron chi connectivity index (χ1n) is 6.97. The molecule has 0 radical (unpaired) electrons. The van der Waals surface area contributed by atoms with Crippen LogP contribution in [0.1, 0.15) is 35.2 Å². The van der Waals surface area contributed by atoms with Crippen LogP contribution in [0.5, 0.6) is 5.75 Å². The lowest BCUT2D eigenvalue weighted by Gasteiger charge is -2.09. The highest BCUT2D eigenvalue weighted by atomic mass is 16.5. The van der Waals surface area contributed by atoms with E-state index in [9.17, 15) is 0 Å². The molecule has 114 valence electrons. The third kappa shape index (κ3) is 3.47. The third-order valence-corrected chi connectivity index (χ3v) is 3.36. The second-order valence-electron chi connectivity index (χ2n) is 5.20. The Balaban J connectivity index is 2.34. The van der Waals surface area contributed by atoms with Crippen molar-refractivity contribution in [2.75, 3.05) is 18.6 Å². The SMILES string of the molecule is COc1cc(C)cc(C(C)C#Cc2c(C)nc(N)nc2N)c1. The van der Waals surface area contributed by atoms with E-state index in [1.54, 1.807) is 7.11 Å². The van der Waals surface area contributed by atoms with E-state index in [-0.39, 0.29) is 11.9 Å². The van der Waals surface area contributed by atoms with Crippen molar-refractivity contribution in [3.05, 3.63) is 40.6 Å². The van der Waals surface area contributed by atoms with Crippen LogP contribution in [0.2, 0.25) is 0 Å². The van der Waals surface area contributed by atoms with Crippen LogP contribution in [0.25, 0.3) is 0 Å². The van der Waals surface area contributed by atoms with Crippen molar-refractivity contribution in [1.29, 1.82) is 0 Å². The Morgan fingerprint density at radius 1 is 1.14 bits per heavy atom. The number of ether oxygens (including phenoxy) is 1. The summed E-state index contributed by atoms with van der Waals surface area (Å²) in [6.07, 6.45) is 0. The number of hydrogen-bond acceptors (Lipinski definition) is 5. The van der Waals surface area contributed by atoms with Crippen LogP contribution >= 0.6 is 0 Å². The molecule has 2 rings (SSSR count). The van der Waals surface area contributed by atoms with Gasteiger partial charge in [-0.1, -0.05) is 17.9 Å². The summed E-state index contributed by atoms with van der Waals surface area (Å²) in [7, 11) is 1.66. The molecule has 1 heterocycles. The van der Waals surface area contributed by atoms with Gasteiger partial charge in [-0.15, -0.1) is 0 Å². The van der Waals surface area contributed by atoms with Gasteiger partial charge in [0.25, 0.3) is 0 Å². The van der Waals surface area contributed by atoms with E-state index in [1.807, 2.05) is 32.9 Å². The minimum absolute atomic E-state index is 0.0325. The van der Waals surface area contributed by atoms with Gasteiger partial charge in [0, 0.05) is 5.92 Å². The summed E-state index contributed by atoms with van der Waals surface area (Å²) in [5, 5.41) is 0. The number of aryl methyl sites for hydroxylation is 2. The Bertz CT molecular complexity index is 736. The van der Waals surface area contributed by atoms with Crippen LogP contribution in [0.15, 0.2) is 18.2 Å². The molecule has 2 aromatic rings. The van der Waals surface area contributed by atoms with Crippen LogP contribution in [-0.4, -0.2) is 17.1 Å². The molecule has 4 N–H and O–H groups in total. The van der Waals surface area contributed by atoms with E-state index in [4.69, 9.17) is 16.2 Å². The van der Waals surface area contributed by atoms with Crippen LogP contribution in [0, 0.1) is 25.7 Å². The zero-order chi connectivity index (χ0) is 16.3. The molecule has 0 bridgehead atoms. The molecule has 1 atom stereocenters. The van der Waals surface area contributed by atoms with Gasteiger partial charge < -0.3 is 16.2 Å². The predicted molar refractivity (Wildman–Crippen MR) is 88.6 cm³/mol. The number of rotatable bonds is 2. The average molecular weight is 296 g/mol. The van der Waals surface area contributed by atoms with Crippen molar-refractivity contribution < 1.29 is 4.74 Å². The Labute approximate surface area is 130 Å². The van der Waals surface area contributed by atoms with E-state index in [0.29, 0.717) is 17.1 Å². The van der Waals surface area contributed by atoms with E-state index in [0.717, 1.165) is 16.9 Å². The molecule has 1 unspecified atom stereocenters. The van der Waals surface area contributed by atoms with Gasteiger partial charge >= 0.3 is 0 Å². The van der Waals surface area contributed by atoms with Crippen molar-refractivity contribution in [2.45, 2.75) is 26.7 Å². The molecule has 0 spiro atoms. The van der Waals surface area contributed by atoms with Gasteiger partial charge in [-0.2, -0.15) is 4.98 Å². The zero-order valence-corrected chi connectivity index (χ0v) is 13.3. The smallest absolute Gasteiger partial charge is 0.222 e. The Morgan fingerprint density at radius 3 is 2.50 bits per heavy atom. The largest absolute Gasteiger partial charge is 0.497 e. The number of anilines is 2. The van der Waals surface area contributed by atoms with Crippen LogP contribution < -0.4 is 16.2 Å². The summed E-state index contributed by atoms with van der Waals surface area (Å²) in [5.74, 6) is 7.59. The summed E-state index contributed by atoms with van der Waals surface area (Å²) in [4.78, 5) is 8.04. The molecule has 5 nitrogen and oxygen atoms in total. The summed E-state index contributed by atoms with van der Waals surface area (Å²) < 4.78 is 5.30. The quantitative estimate of drug-likeness (QED) is 0.831. The zero-order valence-electron chi connectivity index (χ0n) is 13.3. The van der Waals surface area contributed by atoms with Gasteiger partial charge in [0.2, 0.25) is 5.95 Å². The fourth-order valence-electron chi connectivity index (χ4n) is 2.18. The number of hydrogen-bond donors (Lipinski definition) is 2. The highest BCUT2D eigenvalue weighted by Crippen LogP contribution is 2.23. The lowest BCUT2D eigenvalue weighted by atomic mass is 9.99. The Hall–Kier alpha value is -2.74. The monoisotopic (exact) mass is 296 g/mol. The number of nitrogens with zero attached hydrogens (tertiary/aromatic N) is 2. The van der Waals surface area contributed by atoms with Crippen molar-refractivity contribution >= 4 is 11.8 Å². The number of nitrogen functional groups attached to an aromatic ring is 2. The fraction of sp³-hybridized carbons (Fsp3) is 0.294. The molecule has 0 saturated heterocycles. The molecule has 5 heteroatoms. The number of aromatic nitrogens is 2. The minimum Gasteiger partial charge on any atom is -0.497 e. The number of nitrogens with two attached hydrogens (primary N) is 2. The van der Waals surface area contributed by atoms with Crippen molar-refractivity contribution in [2.24, 2.45) is 0 Å². The summed E-state index contributed by atoms with van der Waals surface area (Å²) >= 11 is 0. The maximum atomic E-state index is 5.86. The maximum Gasteiger partial charge on any atom is 0.222 e. The normalized spacial score (nSPS) is 11.5. The average Bonchev–Trinajstić information content (AvgIpc) is 2.45. The molecular weight excluding hydrogens is 276 g/mol. The van der Waals surface area contributed by atoms with E-state index >= 15 is 0 Å². The molecule has 0 amide bonds. The number of benzene rings is 1. The summed E-state index contributed by atoms with van der Waals surface area (Å²) in [6, 6.07) is 6.07. The van der Waals surface area contributed by atoms with E-state index in [2.05, 4.69) is 27.9 Å². The van der Waals surface area contributed by atoms with Crippen LogP contribution in [-0.2, 0) is 0 Å². The summed E-state index contributed by atoms with van der Waals surface area (Å²) in [6.45, 7) is 5.88. The van der Waals surface area contributed by atoms with E-state index < -0.39 is 0 Å². The fourth-order valence-corrected chi connectivity index (χ4v) is 2.18. The van der Waals surface area contributed by atoms with Gasteiger partial charge in [0.15, 0.2) is 0 Å². The molecule has 1 aromatic carbocycles. The standard InChI is InChI=1S/C17H20N4O/c1-10-7-13(9-14(8-10)22-4)11(2)5-6-15-12(3)20-17(19)21-16(15)18/h7-9,11H,1-4H3,(H4,18,19,20,21). The van der Waals surface area contributed by atoms with Crippen molar-refractivity contribution in [3.63, 3.8) is 0 Å². The minimum atomic E-state index is 0.0325. The van der Waals surface area contributed by atoms with Gasteiger partial charge in [-0.25, -0.2) is 4.98 Å². The molecule has 0 saturated carbocycles. The van der Waals surface area contributed by atoms with Crippen LogP contribution in [0.4, 0.5) is 11.8 Å². The first-order valence-corrected chi connectivity index (χ1v) is 6.97. The molecule has 1 aromatic heterocycles. The molecule has 0 fully saturated rings. The highest BCUT2D eigenvalue weighted by molar-refractivity contribution is 5.55. The maximum absolute atomic E-state index is 5.86. The first-order chi connectivity index (χ1) is 10.4. The molecule has 22 heavy (non-hydrogen) atoms. The Kier molecular flexibility index (Phi) is 4.52. The van der Waals surface area contributed by atoms with E-state index in [1.165, 1.54) is 0 Å². The van der Waals surface area contributed by atoms with Gasteiger partial charge in [0.05, 0.1) is 18.4 Å². The number of methoxy groups -OCH3 is 1. The third-order valence-electron chi connectivity index (χ3n) is 3.36. The topological polar surface area (TPSA) is 87.0 Å². The molecule has 0 aliphatic heterocycles. The molecule has 0 aliphatic rings.